The Kier molecular flexibility index (Phi) is 4.46. The van der Waals surface area contributed by atoms with Crippen molar-refractivity contribution < 1.29 is 8.78 Å². The van der Waals surface area contributed by atoms with Crippen LogP contribution in [-0.2, 0) is 0 Å². The van der Waals surface area contributed by atoms with Crippen LogP contribution < -0.4 is 10.6 Å². The molecule has 0 spiro atoms. The van der Waals surface area contributed by atoms with E-state index in [2.05, 4.69) is 24.8 Å². The van der Waals surface area contributed by atoms with Crippen LogP contribution in [0.1, 0.15) is 31.4 Å². The first-order valence-electron chi connectivity index (χ1n) is 8.57. The average molecular weight is 359 g/mol. The molecule has 0 radical (unpaired) electrons. The first kappa shape index (κ1) is 16.8. The van der Waals surface area contributed by atoms with Crippen LogP contribution in [0.4, 0.5) is 14.6 Å². The zero-order valence-electron chi connectivity index (χ0n) is 14.1. The van der Waals surface area contributed by atoms with Crippen molar-refractivity contribution in [3.63, 3.8) is 0 Å². The van der Waals surface area contributed by atoms with E-state index < -0.39 is 6.43 Å². The van der Waals surface area contributed by atoms with Gasteiger partial charge in [-0.2, -0.15) is 0 Å². The van der Waals surface area contributed by atoms with Gasteiger partial charge in [0.2, 0.25) is 0 Å². The van der Waals surface area contributed by atoms with Gasteiger partial charge in [0, 0.05) is 31.5 Å². The molecule has 9 heteroatoms. The Hall–Kier alpha value is -2.68. The molecule has 0 saturated carbocycles. The molecule has 3 aromatic heterocycles. The summed E-state index contributed by atoms with van der Waals surface area (Å²) in [6.45, 7) is 1.72. The minimum atomic E-state index is -2.65. The van der Waals surface area contributed by atoms with Crippen LogP contribution in [0.2, 0.25) is 0 Å². The second-order valence-electron chi connectivity index (χ2n) is 6.40. The summed E-state index contributed by atoms with van der Waals surface area (Å²) in [6.07, 6.45) is 6.14. The van der Waals surface area contributed by atoms with Gasteiger partial charge in [0.1, 0.15) is 17.2 Å². The maximum absolute atomic E-state index is 13.0. The van der Waals surface area contributed by atoms with Crippen LogP contribution in [-0.4, -0.2) is 43.5 Å². The van der Waals surface area contributed by atoms with Crippen LogP contribution >= 0.6 is 0 Å². The largest absolute Gasteiger partial charge is 0.356 e. The summed E-state index contributed by atoms with van der Waals surface area (Å²) in [6, 6.07) is 2.08. The van der Waals surface area contributed by atoms with E-state index in [1.165, 1.54) is 12.4 Å². The minimum Gasteiger partial charge on any atom is -0.356 e. The van der Waals surface area contributed by atoms with E-state index in [1.807, 2.05) is 6.07 Å². The molecule has 1 aliphatic heterocycles. The third kappa shape index (κ3) is 3.22. The predicted molar refractivity (Wildman–Crippen MR) is 93.0 cm³/mol. The van der Waals surface area contributed by atoms with Gasteiger partial charge >= 0.3 is 0 Å². The highest BCUT2D eigenvalue weighted by atomic mass is 19.3. The summed E-state index contributed by atoms with van der Waals surface area (Å²) in [5, 5.41) is 0. The Bertz CT molecular complexity index is 911. The van der Waals surface area contributed by atoms with Crippen LogP contribution in [0.5, 0.6) is 0 Å². The molecule has 0 aromatic carbocycles. The number of nitrogens with two attached hydrogens (primary N) is 1. The van der Waals surface area contributed by atoms with Crippen molar-refractivity contribution in [1.82, 2.24) is 24.3 Å². The number of rotatable bonds is 3. The molecule has 1 atom stereocenters. The maximum Gasteiger partial charge on any atom is 0.281 e. The number of alkyl halides is 2. The average Bonchev–Trinajstić information content (AvgIpc) is 2.95. The number of hydrogen-bond acceptors (Lipinski definition) is 6. The first-order chi connectivity index (χ1) is 12.6. The molecule has 0 aliphatic carbocycles. The SMILES string of the molecule is NC1CCCN(c2ccnc(-c3cnc4cnc(C(F)F)cn34)n2)CC1. The zero-order chi connectivity index (χ0) is 18.1. The third-order valence-corrected chi connectivity index (χ3v) is 4.61. The maximum atomic E-state index is 13.0. The number of fused-ring (bicyclic) bond motifs is 1. The Labute approximate surface area is 148 Å². The van der Waals surface area contributed by atoms with Crippen LogP contribution in [0, 0.1) is 0 Å². The lowest BCUT2D eigenvalue weighted by Crippen LogP contribution is -2.27. The molecule has 7 nitrogen and oxygen atoms in total. The Balaban J connectivity index is 1.70. The van der Waals surface area contributed by atoms with E-state index >= 15 is 0 Å². The van der Waals surface area contributed by atoms with Gasteiger partial charge in [0.05, 0.1) is 12.4 Å². The molecule has 136 valence electrons. The molecule has 1 unspecified atom stereocenters. The lowest BCUT2D eigenvalue weighted by atomic mass is 10.1. The van der Waals surface area contributed by atoms with Gasteiger partial charge in [-0.1, -0.05) is 0 Å². The number of nitrogens with zero attached hydrogens (tertiary/aromatic N) is 6. The number of aromatic nitrogens is 5. The van der Waals surface area contributed by atoms with E-state index in [1.54, 1.807) is 16.8 Å². The fourth-order valence-electron chi connectivity index (χ4n) is 3.18. The zero-order valence-corrected chi connectivity index (χ0v) is 14.1. The summed E-state index contributed by atoms with van der Waals surface area (Å²) < 4.78 is 27.5. The smallest absolute Gasteiger partial charge is 0.281 e. The molecule has 1 aliphatic rings. The molecule has 1 saturated heterocycles. The van der Waals surface area contributed by atoms with Gasteiger partial charge in [-0.25, -0.2) is 28.7 Å². The molecular weight excluding hydrogens is 340 g/mol. The van der Waals surface area contributed by atoms with E-state index in [0.717, 1.165) is 38.2 Å². The summed E-state index contributed by atoms with van der Waals surface area (Å²) in [5.74, 6) is 1.25. The third-order valence-electron chi connectivity index (χ3n) is 4.61. The van der Waals surface area contributed by atoms with E-state index in [4.69, 9.17) is 5.73 Å². The molecule has 26 heavy (non-hydrogen) atoms. The number of imidazole rings is 1. The number of hydrogen-bond donors (Lipinski definition) is 1. The number of halogens is 2. The molecule has 1 fully saturated rings. The van der Waals surface area contributed by atoms with Crippen molar-refractivity contribution in [2.75, 3.05) is 18.0 Å². The van der Waals surface area contributed by atoms with Crippen molar-refractivity contribution in [2.24, 2.45) is 5.73 Å². The van der Waals surface area contributed by atoms with Gasteiger partial charge in [0.25, 0.3) is 6.43 Å². The molecule has 3 aromatic rings. The predicted octanol–water partition coefficient (Wildman–Crippen LogP) is 2.44. The molecule has 2 N–H and O–H groups in total. The minimum absolute atomic E-state index is 0.223. The fourth-order valence-corrected chi connectivity index (χ4v) is 3.18. The van der Waals surface area contributed by atoms with Crippen LogP contribution in [0.3, 0.4) is 0 Å². The molecular formula is C17H19F2N7. The monoisotopic (exact) mass is 359 g/mol. The fraction of sp³-hybridized carbons (Fsp3) is 0.412. The van der Waals surface area contributed by atoms with Crippen LogP contribution in [0.25, 0.3) is 17.2 Å². The van der Waals surface area contributed by atoms with Crippen LogP contribution in [0.15, 0.2) is 30.9 Å². The van der Waals surface area contributed by atoms with Gasteiger partial charge < -0.3 is 10.6 Å². The molecule has 4 rings (SSSR count). The Morgan fingerprint density at radius 1 is 1.12 bits per heavy atom. The summed E-state index contributed by atoms with van der Waals surface area (Å²) in [4.78, 5) is 19.1. The normalized spacial score (nSPS) is 18.5. The van der Waals surface area contributed by atoms with Gasteiger partial charge in [0.15, 0.2) is 11.5 Å². The van der Waals surface area contributed by atoms with E-state index in [0.29, 0.717) is 17.2 Å². The Morgan fingerprint density at radius 3 is 2.85 bits per heavy atom. The summed E-state index contributed by atoms with van der Waals surface area (Å²) >= 11 is 0. The summed E-state index contributed by atoms with van der Waals surface area (Å²) in [5.41, 5.74) is 6.76. The van der Waals surface area contributed by atoms with Gasteiger partial charge in [-0.05, 0) is 25.3 Å². The summed E-state index contributed by atoms with van der Waals surface area (Å²) in [7, 11) is 0. The highest BCUT2D eigenvalue weighted by molar-refractivity contribution is 5.58. The van der Waals surface area contributed by atoms with E-state index in [-0.39, 0.29) is 11.7 Å². The second-order valence-corrected chi connectivity index (χ2v) is 6.40. The number of anilines is 1. The van der Waals surface area contributed by atoms with E-state index in [9.17, 15) is 8.78 Å². The standard InChI is InChI=1S/C17H19F2N7/c18-16(19)12-10-26-13(8-23-15(26)9-22-12)17-21-5-3-14(24-17)25-6-1-2-11(20)4-7-25/h3,5,8-11,16H,1-2,4,6-7,20H2. The van der Waals surface area contributed by atoms with Crippen molar-refractivity contribution in [2.45, 2.75) is 31.7 Å². The molecule has 0 bridgehead atoms. The Morgan fingerprint density at radius 2 is 2.00 bits per heavy atom. The topological polar surface area (TPSA) is 85.2 Å². The van der Waals surface area contributed by atoms with Gasteiger partial charge in [-0.15, -0.1) is 0 Å². The molecule has 4 heterocycles. The lowest BCUT2D eigenvalue weighted by Gasteiger charge is -2.21. The highest BCUT2D eigenvalue weighted by Gasteiger charge is 2.18. The lowest BCUT2D eigenvalue weighted by molar-refractivity contribution is 0.145. The first-order valence-corrected chi connectivity index (χ1v) is 8.57. The van der Waals surface area contributed by atoms with Gasteiger partial charge in [-0.3, -0.25) is 4.40 Å². The van der Waals surface area contributed by atoms with Crippen molar-refractivity contribution in [3.8, 4) is 11.5 Å². The van der Waals surface area contributed by atoms with Crippen molar-refractivity contribution in [1.29, 1.82) is 0 Å². The molecule has 0 amide bonds. The highest BCUT2D eigenvalue weighted by Crippen LogP contribution is 2.23. The quantitative estimate of drug-likeness (QED) is 0.773. The van der Waals surface area contributed by atoms with Crippen molar-refractivity contribution in [3.05, 3.63) is 36.5 Å². The van der Waals surface area contributed by atoms with Crippen molar-refractivity contribution >= 4 is 11.5 Å². The second kappa shape index (κ2) is 6.91.